The van der Waals surface area contributed by atoms with Crippen molar-refractivity contribution in [2.75, 3.05) is 18.0 Å². The number of rotatable bonds is 5. The molecule has 3 heterocycles. The second-order valence-electron chi connectivity index (χ2n) is 11.0. The van der Waals surface area contributed by atoms with Crippen molar-refractivity contribution < 1.29 is 17.9 Å². The van der Waals surface area contributed by atoms with Crippen molar-refractivity contribution in [3.8, 4) is 0 Å². The molecule has 2 aromatic rings. The smallest absolute Gasteiger partial charge is 0.394 e. The largest absolute Gasteiger partial charge is 0.404 e. The van der Waals surface area contributed by atoms with Crippen LogP contribution in [0.15, 0.2) is 16.8 Å². The predicted octanol–water partition coefficient (Wildman–Crippen LogP) is 3.69. The summed E-state index contributed by atoms with van der Waals surface area (Å²) in [6.45, 7) is 6.66. The predicted molar refractivity (Wildman–Crippen MR) is 129 cm³/mol. The molecule has 0 aromatic carbocycles. The van der Waals surface area contributed by atoms with Crippen LogP contribution in [-0.4, -0.2) is 63.7 Å². The van der Waals surface area contributed by atoms with E-state index >= 15 is 0 Å². The van der Waals surface area contributed by atoms with Crippen molar-refractivity contribution in [1.29, 1.82) is 0 Å². The van der Waals surface area contributed by atoms with Gasteiger partial charge in [-0.25, -0.2) is 15.0 Å². The number of morpholine rings is 1. The highest BCUT2D eigenvalue weighted by Gasteiger charge is 2.79. The lowest BCUT2D eigenvalue weighted by molar-refractivity contribution is -0.337. The van der Waals surface area contributed by atoms with E-state index in [1.54, 1.807) is 6.21 Å². The highest BCUT2D eigenvalue weighted by atomic mass is 19.4. The zero-order valence-electron chi connectivity index (χ0n) is 20.6. The summed E-state index contributed by atoms with van der Waals surface area (Å²) in [6, 6.07) is 0.363. The van der Waals surface area contributed by atoms with E-state index in [1.165, 1.54) is 6.20 Å². The van der Waals surface area contributed by atoms with Gasteiger partial charge >= 0.3 is 6.18 Å². The van der Waals surface area contributed by atoms with Gasteiger partial charge in [0.25, 0.3) is 0 Å². The Morgan fingerprint density at radius 3 is 2.42 bits per heavy atom. The Bertz CT molecular complexity index is 1270. The van der Waals surface area contributed by atoms with Gasteiger partial charge in [0.2, 0.25) is 5.95 Å². The van der Waals surface area contributed by atoms with Gasteiger partial charge in [0.1, 0.15) is 11.6 Å². The third kappa shape index (κ3) is 3.65. The summed E-state index contributed by atoms with van der Waals surface area (Å²) in [7, 11) is 0. The lowest BCUT2D eigenvalue weighted by Crippen LogP contribution is -2.70. The molecule has 1 saturated heterocycles. The van der Waals surface area contributed by atoms with Gasteiger partial charge in [-0.3, -0.25) is 4.99 Å². The van der Waals surface area contributed by atoms with Crippen molar-refractivity contribution in [2.45, 2.75) is 82.7 Å². The van der Waals surface area contributed by atoms with Crippen LogP contribution in [0.25, 0.3) is 11.2 Å². The molecule has 5 fully saturated rings. The van der Waals surface area contributed by atoms with Crippen LogP contribution in [0.2, 0.25) is 0 Å². The highest BCUT2D eigenvalue weighted by Crippen LogP contribution is 2.78. The van der Waals surface area contributed by atoms with Crippen LogP contribution in [0.3, 0.4) is 0 Å². The minimum atomic E-state index is -4.20. The molecule has 2 bridgehead atoms. The van der Waals surface area contributed by atoms with Gasteiger partial charge in [-0.15, -0.1) is 0 Å². The average molecular weight is 502 g/mol. The van der Waals surface area contributed by atoms with Gasteiger partial charge in [0.05, 0.1) is 41.2 Å². The number of anilines is 1. The molecule has 4 aliphatic carbocycles. The van der Waals surface area contributed by atoms with Crippen LogP contribution in [-0.2, 0) is 10.2 Å². The zero-order valence-corrected chi connectivity index (χ0v) is 20.6. The van der Waals surface area contributed by atoms with Crippen LogP contribution >= 0.6 is 0 Å². The number of alkyl halides is 3. The van der Waals surface area contributed by atoms with Crippen molar-refractivity contribution >= 4 is 23.3 Å². The van der Waals surface area contributed by atoms with Crippen LogP contribution < -0.4 is 10.6 Å². The van der Waals surface area contributed by atoms with Crippen LogP contribution in [0.5, 0.6) is 0 Å². The molecule has 2 atom stereocenters. The molecular weight excluding hydrogens is 471 g/mol. The molecule has 192 valence electrons. The van der Waals surface area contributed by atoms with Crippen LogP contribution in [0.4, 0.5) is 19.1 Å². The van der Waals surface area contributed by atoms with Crippen molar-refractivity contribution in [1.82, 2.24) is 19.9 Å². The SMILES string of the molecule is Cc1nc2nc(N3C[C@@H](/C(C=NC4CC4)=C/N)O[C@@H](C)C3)nc(C34CC(C(F)(F)F)(C3)C4)c2nc1C. The minimum absolute atomic E-state index is 0.0451. The first-order valence-corrected chi connectivity index (χ1v) is 12.5. The zero-order chi connectivity index (χ0) is 25.5. The van der Waals surface area contributed by atoms with E-state index in [1.807, 2.05) is 25.7 Å². The van der Waals surface area contributed by atoms with Crippen molar-refractivity contribution in [2.24, 2.45) is 16.1 Å². The topological polar surface area (TPSA) is 102 Å². The van der Waals surface area contributed by atoms with Crippen molar-refractivity contribution in [3.05, 3.63) is 28.9 Å². The fourth-order valence-corrected chi connectivity index (χ4v) is 5.90. The molecule has 2 aromatic heterocycles. The molecule has 0 unspecified atom stereocenters. The molecule has 0 spiro atoms. The maximum Gasteiger partial charge on any atom is 0.394 e. The second kappa shape index (κ2) is 7.84. The lowest BCUT2D eigenvalue weighted by atomic mass is 9.34. The second-order valence-corrected chi connectivity index (χ2v) is 11.0. The summed E-state index contributed by atoms with van der Waals surface area (Å²) < 4.78 is 47.0. The summed E-state index contributed by atoms with van der Waals surface area (Å²) in [6.07, 6.45) is 0.982. The van der Waals surface area contributed by atoms with E-state index in [0.717, 1.165) is 29.8 Å². The monoisotopic (exact) mass is 501 g/mol. The number of aromatic nitrogens is 4. The summed E-state index contributed by atoms with van der Waals surface area (Å²) in [5.74, 6) is 0.441. The van der Waals surface area contributed by atoms with E-state index < -0.39 is 17.0 Å². The first-order valence-electron chi connectivity index (χ1n) is 12.5. The van der Waals surface area contributed by atoms with Gasteiger partial charge in [-0.05, 0) is 52.9 Å². The number of ether oxygens (including phenoxy) is 1. The molecule has 2 N–H and O–H groups in total. The number of nitrogens with two attached hydrogens (primary N) is 1. The molecular formula is C25H30F3N7O. The summed E-state index contributed by atoms with van der Waals surface area (Å²) in [4.78, 5) is 25.5. The minimum Gasteiger partial charge on any atom is -0.404 e. The molecule has 4 saturated carbocycles. The van der Waals surface area contributed by atoms with E-state index in [2.05, 4.69) is 15.0 Å². The Kier molecular flexibility index (Phi) is 5.13. The maximum atomic E-state index is 13.6. The van der Waals surface area contributed by atoms with E-state index in [4.69, 9.17) is 20.4 Å². The normalized spacial score (nSPS) is 32.6. The Hall–Kier alpha value is -2.82. The Balaban J connectivity index is 1.36. The average Bonchev–Trinajstić information content (AvgIpc) is 3.56. The van der Waals surface area contributed by atoms with E-state index in [9.17, 15) is 13.2 Å². The number of hydrogen-bond acceptors (Lipinski definition) is 8. The van der Waals surface area contributed by atoms with Crippen molar-refractivity contribution in [3.63, 3.8) is 0 Å². The van der Waals surface area contributed by atoms with Gasteiger partial charge in [0, 0.05) is 29.9 Å². The quantitative estimate of drug-likeness (QED) is 0.624. The Morgan fingerprint density at radius 1 is 1.08 bits per heavy atom. The van der Waals surface area contributed by atoms with Gasteiger partial charge in [0.15, 0.2) is 5.65 Å². The van der Waals surface area contributed by atoms with Crippen LogP contribution in [0.1, 0.15) is 56.1 Å². The molecule has 11 heteroatoms. The number of nitrogens with zero attached hydrogens (tertiary/aromatic N) is 6. The van der Waals surface area contributed by atoms with E-state index in [0.29, 0.717) is 41.9 Å². The first-order chi connectivity index (χ1) is 17.0. The van der Waals surface area contributed by atoms with Gasteiger partial charge in [-0.2, -0.15) is 18.2 Å². The Morgan fingerprint density at radius 2 is 1.78 bits per heavy atom. The molecule has 7 rings (SSSR count). The summed E-state index contributed by atoms with van der Waals surface area (Å²) in [5.41, 5.74) is 7.47. The third-order valence-electron chi connectivity index (χ3n) is 8.15. The standard InChI is InChI=1S/C25H30F3N7O/c1-13-8-35(9-18(36-13)16(6-29)7-30-17-4-5-17)22-33-20(19-21(34-22)32-15(3)14(2)31-19)23-10-24(11-23,12-23)25(26,27)28/h6-7,13,17-18H,4-5,8-12,29H2,1-3H3/b16-6+,30-7?/t13-,18-,23?,24?/m0/s1. The fraction of sp³-hybridized carbons (Fsp3) is 0.640. The molecule has 8 nitrogen and oxygen atoms in total. The fourth-order valence-electron chi connectivity index (χ4n) is 5.90. The number of halogens is 3. The number of fused-ring (bicyclic) bond motifs is 1. The van der Waals surface area contributed by atoms with Gasteiger partial charge < -0.3 is 15.4 Å². The molecule has 0 radical (unpaired) electrons. The maximum absolute atomic E-state index is 13.6. The number of aryl methyl sites for hydroxylation is 2. The first kappa shape index (κ1) is 23.6. The Labute approximate surface area is 207 Å². The van der Waals surface area contributed by atoms with Gasteiger partial charge in [-0.1, -0.05) is 0 Å². The third-order valence-corrected chi connectivity index (χ3v) is 8.15. The summed E-state index contributed by atoms with van der Waals surface area (Å²) >= 11 is 0. The summed E-state index contributed by atoms with van der Waals surface area (Å²) in [5, 5.41) is 0. The van der Waals surface area contributed by atoms with Crippen LogP contribution in [0, 0.1) is 19.3 Å². The highest BCUT2D eigenvalue weighted by molar-refractivity contribution is 5.80. The molecule has 0 amide bonds. The molecule has 1 aliphatic heterocycles. The molecule has 36 heavy (non-hydrogen) atoms. The number of hydrogen-bond donors (Lipinski definition) is 1. The number of aliphatic imine (C=N–C) groups is 1. The molecule has 5 aliphatic rings. The van der Waals surface area contributed by atoms with E-state index in [-0.39, 0.29) is 31.5 Å². The lowest BCUT2D eigenvalue weighted by Gasteiger charge is -2.70.